The maximum absolute atomic E-state index is 10.9. The van der Waals surface area contributed by atoms with Gasteiger partial charge in [0.05, 0.1) is 16.2 Å². The van der Waals surface area contributed by atoms with Gasteiger partial charge in [0.1, 0.15) is 6.07 Å². The van der Waals surface area contributed by atoms with Crippen LogP contribution in [0.2, 0.25) is 0 Å². The van der Waals surface area contributed by atoms with Crippen molar-refractivity contribution in [3.8, 4) is 6.07 Å². The van der Waals surface area contributed by atoms with Gasteiger partial charge in [0.2, 0.25) is 0 Å². The zero-order valence-electron chi connectivity index (χ0n) is 10.8. The van der Waals surface area contributed by atoms with Crippen LogP contribution >= 0.6 is 0 Å². The highest BCUT2D eigenvalue weighted by atomic mass is 16.6. The van der Waals surface area contributed by atoms with Crippen LogP contribution in [0.1, 0.15) is 16.8 Å². The molecule has 20 heavy (non-hydrogen) atoms. The van der Waals surface area contributed by atoms with Gasteiger partial charge in [-0.2, -0.15) is 5.26 Å². The number of nitro groups is 1. The van der Waals surface area contributed by atoms with Crippen LogP contribution < -0.4 is 0 Å². The molecule has 98 valence electrons. The minimum Gasteiger partial charge on any atom is -0.258 e. The lowest BCUT2D eigenvalue weighted by Crippen LogP contribution is -1.92. The quantitative estimate of drug-likeness (QED) is 0.484. The average molecular weight is 265 g/mol. The molecule has 0 aliphatic rings. The highest BCUT2D eigenvalue weighted by molar-refractivity contribution is 5.88. The summed E-state index contributed by atoms with van der Waals surface area (Å²) in [5.74, 6) is 0. The first-order valence-electron chi connectivity index (χ1n) is 5.90. The molecule has 0 amide bonds. The van der Waals surface area contributed by atoms with Crippen LogP contribution in [0.3, 0.4) is 0 Å². The highest BCUT2D eigenvalue weighted by Crippen LogP contribution is 2.22. The molecule has 0 aliphatic heterocycles. The van der Waals surface area contributed by atoms with E-state index in [0.717, 1.165) is 0 Å². The van der Waals surface area contributed by atoms with Gasteiger partial charge in [0, 0.05) is 17.8 Å². The molecule has 0 unspecified atom stereocenters. The Morgan fingerprint density at radius 3 is 2.80 bits per heavy atom. The Morgan fingerprint density at radius 2 is 2.20 bits per heavy atom. The van der Waals surface area contributed by atoms with E-state index in [9.17, 15) is 15.4 Å². The third kappa shape index (κ3) is 2.87. The third-order valence-corrected chi connectivity index (χ3v) is 2.80. The van der Waals surface area contributed by atoms with E-state index in [2.05, 4.69) is 11.1 Å². The van der Waals surface area contributed by atoms with Crippen LogP contribution in [-0.2, 0) is 0 Å². The Labute approximate surface area is 116 Å². The van der Waals surface area contributed by atoms with Gasteiger partial charge in [-0.05, 0) is 30.7 Å². The van der Waals surface area contributed by atoms with Crippen molar-refractivity contribution in [3.63, 3.8) is 0 Å². The van der Waals surface area contributed by atoms with Crippen LogP contribution in [-0.4, -0.2) is 9.91 Å². The van der Waals surface area contributed by atoms with E-state index in [4.69, 9.17) is 0 Å². The number of allylic oxidation sites excluding steroid dienone is 1. The molecule has 5 nitrogen and oxygen atoms in total. The average Bonchev–Trinajstić information content (AvgIpc) is 2.47. The normalized spacial score (nSPS) is 10.9. The molecule has 2 rings (SSSR count). The van der Waals surface area contributed by atoms with Crippen molar-refractivity contribution in [2.24, 2.45) is 0 Å². The van der Waals surface area contributed by atoms with Gasteiger partial charge in [0.15, 0.2) is 0 Å². The predicted molar refractivity (Wildman–Crippen MR) is 75.6 cm³/mol. The highest BCUT2D eigenvalue weighted by Gasteiger charge is 2.11. The Bertz CT molecular complexity index is 716. The second kappa shape index (κ2) is 5.76. The summed E-state index contributed by atoms with van der Waals surface area (Å²) in [7, 11) is 0. The smallest absolute Gasteiger partial charge is 0.258 e. The number of nitro benzene ring substituents is 1. The number of benzene rings is 1. The minimum absolute atomic E-state index is 0.0389. The monoisotopic (exact) mass is 265 g/mol. The maximum atomic E-state index is 10.9. The van der Waals surface area contributed by atoms with Gasteiger partial charge >= 0.3 is 0 Å². The summed E-state index contributed by atoms with van der Waals surface area (Å²) >= 11 is 0. The number of aryl methyl sites for hydroxylation is 1. The van der Waals surface area contributed by atoms with Crippen LogP contribution in [0.5, 0.6) is 0 Å². The fourth-order valence-corrected chi connectivity index (χ4v) is 1.77. The second-order valence-electron chi connectivity index (χ2n) is 4.19. The standard InChI is InChI=1S/C15H11N3O2/c1-11-5-6-12(9-15(11)18(19)20)8-13(10-16)14-4-2-3-7-17-14/h2-9H,1H3/b13-8+. The summed E-state index contributed by atoms with van der Waals surface area (Å²) in [6.07, 6.45) is 3.19. The predicted octanol–water partition coefficient (Wildman–Crippen LogP) is 3.36. The molecule has 0 aliphatic carbocycles. The van der Waals surface area contributed by atoms with E-state index >= 15 is 0 Å². The minimum atomic E-state index is -0.431. The number of nitrogens with zero attached hydrogens (tertiary/aromatic N) is 3. The SMILES string of the molecule is Cc1ccc(/C=C(\C#N)c2ccccn2)cc1[N+](=O)[O-]. The Morgan fingerprint density at radius 1 is 1.40 bits per heavy atom. The lowest BCUT2D eigenvalue weighted by atomic mass is 10.1. The summed E-state index contributed by atoms with van der Waals surface area (Å²) in [6.45, 7) is 1.68. The van der Waals surface area contributed by atoms with Gasteiger partial charge in [-0.15, -0.1) is 0 Å². The summed E-state index contributed by atoms with van der Waals surface area (Å²) in [5, 5.41) is 20.1. The number of hydrogen-bond donors (Lipinski definition) is 0. The third-order valence-electron chi connectivity index (χ3n) is 2.80. The molecule has 0 saturated carbocycles. The second-order valence-corrected chi connectivity index (χ2v) is 4.19. The Kier molecular flexibility index (Phi) is 3.87. The van der Waals surface area contributed by atoms with Crippen LogP contribution in [0, 0.1) is 28.4 Å². The molecular formula is C15H11N3O2. The van der Waals surface area contributed by atoms with Gasteiger partial charge in [-0.3, -0.25) is 15.1 Å². The zero-order chi connectivity index (χ0) is 14.5. The van der Waals surface area contributed by atoms with E-state index < -0.39 is 4.92 Å². The van der Waals surface area contributed by atoms with E-state index in [1.807, 2.05) is 0 Å². The Balaban J connectivity index is 2.47. The first kappa shape index (κ1) is 13.4. The fraction of sp³-hybridized carbons (Fsp3) is 0.0667. The molecular weight excluding hydrogens is 254 g/mol. The van der Waals surface area contributed by atoms with Crippen molar-refractivity contribution in [2.75, 3.05) is 0 Å². The molecule has 1 aromatic carbocycles. The molecule has 0 radical (unpaired) electrons. The number of pyridine rings is 1. The van der Waals surface area contributed by atoms with Crippen molar-refractivity contribution in [1.29, 1.82) is 5.26 Å². The molecule has 1 heterocycles. The van der Waals surface area contributed by atoms with Crippen LogP contribution in [0.25, 0.3) is 11.6 Å². The fourth-order valence-electron chi connectivity index (χ4n) is 1.77. The first-order chi connectivity index (χ1) is 9.61. The van der Waals surface area contributed by atoms with Crippen molar-refractivity contribution in [3.05, 3.63) is 69.5 Å². The van der Waals surface area contributed by atoms with Crippen molar-refractivity contribution >= 4 is 17.3 Å². The molecule has 0 bridgehead atoms. The maximum Gasteiger partial charge on any atom is 0.272 e. The van der Waals surface area contributed by atoms with E-state index in [1.165, 1.54) is 6.07 Å². The largest absolute Gasteiger partial charge is 0.272 e. The van der Waals surface area contributed by atoms with Crippen LogP contribution in [0.4, 0.5) is 5.69 Å². The molecule has 0 fully saturated rings. The molecule has 5 heteroatoms. The van der Waals surface area contributed by atoms with E-state index in [1.54, 1.807) is 49.5 Å². The van der Waals surface area contributed by atoms with Crippen molar-refractivity contribution in [1.82, 2.24) is 4.98 Å². The first-order valence-corrected chi connectivity index (χ1v) is 5.90. The van der Waals surface area contributed by atoms with Gasteiger partial charge in [-0.25, -0.2) is 0 Å². The molecule has 1 aromatic heterocycles. The Hall–Kier alpha value is -3.00. The summed E-state index contributed by atoms with van der Waals surface area (Å²) in [6, 6.07) is 12.2. The molecule has 0 saturated heterocycles. The number of nitriles is 1. The van der Waals surface area contributed by atoms with Gasteiger partial charge in [0.25, 0.3) is 5.69 Å². The molecule has 2 aromatic rings. The summed E-state index contributed by atoms with van der Waals surface area (Å²) in [4.78, 5) is 14.6. The number of rotatable bonds is 3. The lowest BCUT2D eigenvalue weighted by molar-refractivity contribution is -0.385. The number of hydrogen-bond acceptors (Lipinski definition) is 4. The van der Waals surface area contributed by atoms with Crippen LogP contribution in [0.15, 0.2) is 42.6 Å². The van der Waals surface area contributed by atoms with Gasteiger partial charge < -0.3 is 0 Å². The van der Waals surface area contributed by atoms with Crippen molar-refractivity contribution < 1.29 is 4.92 Å². The van der Waals surface area contributed by atoms with E-state index in [0.29, 0.717) is 22.4 Å². The number of aromatic nitrogens is 1. The zero-order valence-corrected chi connectivity index (χ0v) is 10.8. The summed E-state index contributed by atoms with van der Waals surface area (Å²) < 4.78 is 0. The molecule has 0 atom stereocenters. The van der Waals surface area contributed by atoms with Crippen molar-refractivity contribution in [2.45, 2.75) is 6.92 Å². The molecule has 0 N–H and O–H groups in total. The van der Waals surface area contributed by atoms with E-state index in [-0.39, 0.29) is 5.69 Å². The topological polar surface area (TPSA) is 79.8 Å². The lowest BCUT2D eigenvalue weighted by Gasteiger charge is -2.01. The summed E-state index contributed by atoms with van der Waals surface area (Å²) in [5.41, 5.74) is 2.13. The molecule has 0 spiro atoms. The van der Waals surface area contributed by atoms with Gasteiger partial charge in [-0.1, -0.05) is 18.2 Å².